The average molecular weight is 363 g/mol. The van der Waals surface area contributed by atoms with E-state index in [9.17, 15) is 4.79 Å². The van der Waals surface area contributed by atoms with Crippen molar-refractivity contribution in [1.29, 1.82) is 0 Å². The van der Waals surface area contributed by atoms with E-state index in [1.54, 1.807) is 12.1 Å². The Bertz CT molecular complexity index is 738. The van der Waals surface area contributed by atoms with Gasteiger partial charge in [-0.05, 0) is 31.0 Å². The molecule has 6 nitrogen and oxygen atoms in total. The lowest BCUT2D eigenvalue weighted by Crippen LogP contribution is -2.44. The van der Waals surface area contributed by atoms with Gasteiger partial charge in [-0.3, -0.25) is 4.90 Å². The molecule has 1 aliphatic heterocycles. The number of carbonyl (C=O) groups excluding carboxylic acids is 1. The van der Waals surface area contributed by atoms with Gasteiger partial charge in [0.05, 0.1) is 17.6 Å². The first-order valence-electron chi connectivity index (χ1n) is 8.35. The molecule has 0 amide bonds. The summed E-state index contributed by atoms with van der Waals surface area (Å²) in [6.07, 6.45) is 6.11. The Morgan fingerprint density at radius 2 is 2.16 bits per heavy atom. The molecule has 2 heterocycles. The largest absolute Gasteiger partial charge is 0.398 e. The van der Waals surface area contributed by atoms with Crippen LogP contribution in [-0.2, 0) is 28.7 Å². The Morgan fingerprint density at radius 3 is 2.80 bits per heavy atom. The van der Waals surface area contributed by atoms with E-state index in [1.165, 1.54) is 0 Å². The second-order valence-corrected chi connectivity index (χ2v) is 6.95. The minimum Gasteiger partial charge on any atom is -0.398 e. The Morgan fingerprint density at radius 1 is 1.40 bits per heavy atom. The number of rotatable bonds is 6. The van der Waals surface area contributed by atoms with E-state index in [0.29, 0.717) is 10.7 Å². The predicted octanol–water partition coefficient (Wildman–Crippen LogP) is 2.36. The highest BCUT2D eigenvalue weighted by atomic mass is 35.5. The van der Waals surface area contributed by atoms with Crippen LogP contribution in [0.25, 0.3) is 0 Å². The molecule has 0 aliphatic carbocycles. The monoisotopic (exact) mass is 362 g/mol. The van der Waals surface area contributed by atoms with Gasteiger partial charge in [-0.15, -0.1) is 0 Å². The zero-order valence-corrected chi connectivity index (χ0v) is 15.1. The van der Waals surface area contributed by atoms with Gasteiger partial charge in [-0.1, -0.05) is 11.6 Å². The summed E-state index contributed by atoms with van der Waals surface area (Å²) >= 11 is 6.17. The normalized spacial score (nSPS) is 17.5. The summed E-state index contributed by atoms with van der Waals surface area (Å²) in [7, 11) is 1.97. The van der Waals surface area contributed by atoms with Crippen LogP contribution in [0.1, 0.15) is 24.1 Å². The van der Waals surface area contributed by atoms with Crippen molar-refractivity contribution in [1.82, 2.24) is 14.5 Å². The third kappa shape index (κ3) is 4.03. The molecule has 0 radical (unpaired) electrons. The molecule has 134 valence electrons. The number of carbonyl (C=O) groups is 1. The molecule has 2 aromatic rings. The van der Waals surface area contributed by atoms with E-state index in [1.807, 2.05) is 30.2 Å². The van der Waals surface area contributed by atoms with Crippen LogP contribution in [0.2, 0.25) is 5.02 Å². The Labute approximate surface area is 152 Å². The van der Waals surface area contributed by atoms with Crippen LogP contribution < -0.4 is 5.73 Å². The van der Waals surface area contributed by atoms with E-state index >= 15 is 0 Å². The van der Waals surface area contributed by atoms with Crippen LogP contribution in [0.4, 0.5) is 5.69 Å². The van der Waals surface area contributed by atoms with Gasteiger partial charge in [0.2, 0.25) is 0 Å². The molecule has 1 aromatic heterocycles. The summed E-state index contributed by atoms with van der Waals surface area (Å²) in [5.74, 6) is 0. The highest BCUT2D eigenvalue weighted by Gasteiger charge is 2.38. The van der Waals surface area contributed by atoms with Crippen molar-refractivity contribution in [2.75, 3.05) is 25.4 Å². The fraction of sp³-hybridized carbons (Fsp3) is 0.444. The maximum atomic E-state index is 10.9. The fourth-order valence-electron chi connectivity index (χ4n) is 3.46. The number of anilines is 1. The van der Waals surface area contributed by atoms with Crippen LogP contribution in [0.15, 0.2) is 30.7 Å². The highest BCUT2D eigenvalue weighted by Crippen LogP contribution is 2.40. The lowest BCUT2D eigenvalue weighted by atomic mass is 9.83. The summed E-state index contributed by atoms with van der Waals surface area (Å²) in [5, 5.41) is 0.620. The molecule has 1 saturated heterocycles. The fourth-order valence-corrected chi connectivity index (χ4v) is 3.63. The minimum absolute atomic E-state index is 0.0478. The van der Waals surface area contributed by atoms with Crippen molar-refractivity contribution in [3.05, 3.63) is 47.0 Å². The van der Waals surface area contributed by atoms with E-state index < -0.39 is 5.60 Å². The number of aromatic nitrogens is 2. The van der Waals surface area contributed by atoms with Crippen LogP contribution in [0.5, 0.6) is 0 Å². The van der Waals surface area contributed by atoms with Gasteiger partial charge in [0.1, 0.15) is 12.9 Å². The quantitative estimate of drug-likeness (QED) is 0.630. The van der Waals surface area contributed by atoms with Crippen molar-refractivity contribution in [3.8, 4) is 0 Å². The number of hydrogen-bond acceptors (Lipinski definition) is 5. The summed E-state index contributed by atoms with van der Waals surface area (Å²) in [5.41, 5.74) is 8.18. The number of hydrogen-bond donors (Lipinski definition) is 1. The lowest BCUT2D eigenvalue weighted by molar-refractivity contribution is -0.126. The van der Waals surface area contributed by atoms with Gasteiger partial charge in [0, 0.05) is 49.2 Å². The zero-order valence-electron chi connectivity index (χ0n) is 14.3. The van der Waals surface area contributed by atoms with Gasteiger partial charge in [0.25, 0.3) is 0 Å². The molecule has 0 bridgehead atoms. The lowest BCUT2D eigenvalue weighted by Gasteiger charge is -2.42. The molecule has 3 rings (SSSR count). The van der Waals surface area contributed by atoms with Crippen molar-refractivity contribution in [2.45, 2.75) is 25.0 Å². The maximum Gasteiger partial charge on any atom is 0.145 e. The highest BCUT2D eigenvalue weighted by molar-refractivity contribution is 6.30. The number of nitrogen functional groups attached to an aromatic ring is 1. The molecule has 0 unspecified atom stereocenters. The standard InChI is InChI=1S/C18H23ClN4O2/c1-22-11-15(21-13-22)12-23-6-4-18(5-7-23,25-9-8-24)16-10-14(19)2-3-17(16)20/h2-3,8,10-11,13H,4-7,9,12,20H2,1H3. The van der Waals surface area contributed by atoms with Crippen LogP contribution >= 0.6 is 11.6 Å². The molecule has 2 N–H and O–H groups in total. The van der Waals surface area contributed by atoms with Crippen molar-refractivity contribution in [2.24, 2.45) is 7.05 Å². The predicted molar refractivity (Wildman–Crippen MR) is 97.3 cm³/mol. The average Bonchev–Trinajstić information content (AvgIpc) is 3.01. The van der Waals surface area contributed by atoms with Gasteiger partial charge in [-0.25, -0.2) is 4.98 Å². The van der Waals surface area contributed by atoms with Gasteiger partial charge in [-0.2, -0.15) is 0 Å². The van der Waals surface area contributed by atoms with Crippen molar-refractivity contribution < 1.29 is 9.53 Å². The smallest absolute Gasteiger partial charge is 0.145 e. The molecular formula is C18H23ClN4O2. The number of aldehydes is 1. The Kier molecular flexibility index (Phi) is 5.42. The second-order valence-electron chi connectivity index (χ2n) is 6.51. The molecule has 1 aliphatic rings. The number of piperidine rings is 1. The minimum atomic E-state index is -0.573. The van der Waals surface area contributed by atoms with Gasteiger partial charge >= 0.3 is 0 Å². The van der Waals surface area contributed by atoms with E-state index in [4.69, 9.17) is 22.1 Å². The number of ether oxygens (including phenoxy) is 1. The number of nitrogens with two attached hydrogens (primary N) is 1. The number of nitrogens with zero attached hydrogens (tertiary/aromatic N) is 3. The van der Waals surface area contributed by atoms with Crippen LogP contribution in [0, 0.1) is 0 Å². The number of benzene rings is 1. The molecule has 0 spiro atoms. The molecule has 0 saturated carbocycles. The van der Waals surface area contributed by atoms with E-state index in [0.717, 1.165) is 50.0 Å². The number of imidazole rings is 1. The number of aryl methyl sites for hydroxylation is 1. The van der Waals surface area contributed by atoms with Crippen LogP contribution in [-0.4, -0.2) is 40.4 Å². The first kappa shape index (κ1) is 17.9. The summed E-state index contributed by atoms with van der Waals surface area (Å²) in [6, 6.07) is 5.42. The first-order chi connectivity index (χ1) is 12.0. The molecule has 1 fully saturated rings. The molecular weight excluding hydrogens is 340 g/mol. The summed E-state index contributed by atoms with van der Waals surface area (Å²) < 4.78 is 7.94. The molecule has 1 aromatic carbocycles. The Hall–Kier alpha value is -1.89. The summed E-state index contributed by atoms with van der Waals surface area (Å²) in [4.78, 5) is 17.6. The zero-order chi connectivity index (χ0) is 17.9. The number of likely N-dealkylation sites (tertiary alicyclic amines) is 1. The Balaban J connectivity index is 1.77. The van der Waals surface area contributed by atoms with Gasteiger partial charge < -0.3 is 19.8 Å². The topological polar surface area (TPSA) is 73.4 Å². The SMILES string of the molecule is Cn1cnc(CN2CCC(OCC=O)(c3cc(Cl)ccc3N)CC2)c1. The van der Waals surface area contributed by atoms with Crippen molar-refractivity contribution in [3.63, 3.8) is 0 Å². The van der Waals surface area contributed by atoms with Gasteiger partial charge in [0.15, 0.2) is 0 Å². The molecule has 0 atom stereocenters. The van der Waals surface area contributed by atoms with Crippen LogP contribution in [0.3, 0.4) is 0 Å². The first-order valence-corrected chi connectivity index (χ1v) is 8.72. The van der Waals surface area contributed by atoms with Crippen molar-refractivity contribution >= 4 is 23.6 Å². The third-order valence-electron chi connectivity index (χ3n) is 4.74. The maximum absolute atomic E-state index is 10.9. The molecule has 7 heteroatoms. The number of halogens is 1. The van der Waals surface area contributed by atoms with E-state index in [-0.39, 0.29) is 6.61 Å². The molecule has 25 heavy (non-hydrogen) atoms. The third-order valence-corrected chi connectivity index (χ3v) is 4.98. The second kappa shape index (κ2) is 7.56. The van der Waals surface area contributed by atoms with E-state index in [2.05, 4.69) is 9.88 Å². The summed E-state index contributed by atoms with van der Waals surface area (Å²) in [6.45, 7) is 2.52.